The summed E-state index contributed by atoms with van der Waals surface area (Å²) in [6, 6.07) is 15.3. The van der Waals surface area contributed by atoms with Gasteiger partial charge in [-0.25, -0.2) is 0 Å². The van der Waals surface area contributed by atoms with Gasteiger partial charge in [0, 0.05) is 10.6 Å². The van der Waals surface area contributed by atoms with Crippen LogP contribution in [0.4, 0.5) is 5.69 Å². The van der Waals surface area contributed by atoms with Crippen LogP contribution in [0.25, 0.3) is 0 Å². The van der Waals surface area contributed by atoms with E-state index in [0.29, 0.717) is 24.3 Å². The van der Waals surface area contributed by atoms with E-state index < -0.39 is 29.6 Å². The first-order chi connectivity index (χ1) is 15.6. The standard InChI is InChI=1S/C25H30N2O5S/c1-25(2,3)32-22(28)15-27-20-11-7-8-12-21(20)33-16-19(23(27)29)26-18(24(30)31)14-13-17-9-5-4-6-10-17/h4-12,18-19,26H,13-16H2,1-3H3,(H,30,31)/t18-,19-/m0/s1. The number of para-hydroxylation sites is 1. The Morgan fingerprint density at radius 3 is 2.48 bits per heavy atom. The lowest BCUT2D eigenvalue weighted by molar-refractivity contribution is -0.153. The van der Waals surface area contributed by atoms with Crippen molar-refractivity contribution >= 4 is 35.3 Å². The number of hydrogen-bond acceptors (Lipinski definition) is 6. The number of amides is 1. The number of ether oxygens (including phenoxy) is 1. The minimum Gasteiger partial charge on any atom is -0.480 e. The van der Waals surface area contributed by atoms with E-state index in [0.717, 1.165) is 10.5 Å². The number of nitrogens with one attached hydrogen (secondary N) is 1. The number of aryl methyl sites for hydroxylation is 1. The maximum Gasteiger partial charge on any atom is 0.326 e. The number of carboxylic acid groups (broad SMARTS) is 1. The lowest BCUT2D eigenvalue weighted by Gasteiger charge is -2.28. The van der Waals surface area contributed by atoms with Crippen molar-refractivity contribution in [2.24, 2.45) is 0 Å². The zero-order chi connectivity index (χ0) is 24.0. The summed E-state index contributed by atoms with van der Waals surface area (Å²) in [5, 5.41) is 12.8. The van der Waals surface area contributed by atoms with E-state index in [-0.39, 0.29) is 12.5 Å². The number of carbonyl (C=O) groups is 3. The highest BCUT2D eigenvalue weighted by Gasteiger charge is 2.35. The molecule has 2 aromatic rings. The zero-order valence-electron chi connectivity index (χ0n) is 19.1. The molecule has 0 saturated carbocycles. The number of anilines is 1. The van der Waals surface area contributed by atoms with Crippen molar-refractivity contribution in [1.29, 1.82) is 0 Å². The maximum atomic E-state index is 13.5. The Morgan fingerprint density at radius 1 is 1.15 bits per heavy atom. The molecule has 1 heterocycles. The second kappa shape index (κ2) is 10.9. The van der Waals surface area contributed by atoms with Crippen LogP contribution in [0.3, 0.4) is 0 Å². The molecule has 7 nitrogen and oxygen atoms in total. The minimum atomic E-state index is -1.01. The number of nitrogens with zero attached hydrogens (tertiary/aromatic N) is 1. The normalized spacial score (nSPS) is 17.1. The lowest BCUT2D eigenvalue weighted by Crippen LogP contribution is -2.54. The van der Waals surface area contributed by atoms with Crippen molar-refractivity contribution in [2.45, 2.75) is 56.2 Å². The van der Waals surface area contributed by atoms with E-state index in [1.807, 2.05) is 48.5 Å². The summed E-state index contributed by atoms with van der Waals surface area (Å²) in [5.74, 6) is -1.51. The van der Waals surface area contributed by atoms with Crippen LogP contribution < -0.4 is 10.2 Å². The van der Waals surface area contributed by atoms with Gasteiger partial charge in [-0.1, -0.05) is 42.5 Å². The third-order valence-corrected chi connectivity index (χ3v) is 6.25. The molecule has 176 valence electrons. The molecule has 1 aliphatic heterocycles. The van der Waals surface area contributed by atoms with Crippen LogP contribution in [0.5, 0.6) is 0 Å². The second-order valence-corrected chi connectivity index (χ2v) is 9.99. The molecule has 0 aromatic heterocycles. The number of aliphatic carboxylic acids is 1. The van der Waals surface area contributed by atoms with Crippen molar-refractivity contribution in [3.63, 3.8) is 0 Å². The highest BCUT2D eigenvalue weighted by Crippen LogP contribution is 2.34. The molecule has 1 amide bonds. The fourth-order valence-electron chi connectivity index (χ4n) is 3.62. The average Bonchev–Trinajstić information content (AvgIpc) is 2.88. The highest BCUT2D eigenvalue weighted by molar-refractivity contribution is 7.99. The van der Waals surface area contributed by atoms with Crippen LogP contribution >= 0.6 is 11.8 Å². The summed E-state index contributed by atoms with van der Waals surface area (Å²) in [5.41, 5.74) is 0.980. The Kier molecular flexibility index (Phi) is 8.15. The number of hydrogen-bond donors (Lipinski definition) is 2. The molecular formula is C25H30N2O5S. The monoisotopic (exact) mass is 470 g/mol. The predicted octanol–water partition coefficient (Wildman–Crippen LogP) is 3.51. The molecule has 2 aromatic carbocycles. The Labute approximate surface area is 198 Å². The molecule has 0 bridgehead atoms. The van der Waals surface area contributed by atoms with Crippen LogP contribution in [0.1, 0.15) is 32.8 Å². The lowest BCUT2D eigenvalue weighted by atomic mass is 10.0. The smallest absolute Gasteiger partial charge is 0.326 e. The Bertz CT molecular complexity index is 990. The van der Waals surface area contributed by atoms with Crippen molar-refractivity contribution < 1.29 is 24.2 Å². The first-order valence-corrected chi connectivity index (χ1v) is 11.9. The van der Waals surface area contributed by atoms with Crippen molar-refractivity contribution in [3.8, 4) is 0 Å². The fraction of sp³-hybridized carbons (Fsp3) is 0.400. The average molecular weight is 471 g/mol. The van der Waals surface area contributed by atoms with Crippen molar-refractivity contribution in [1.82, 2.24) is 5.32 Å². The van der Waals surface area contributed by atoms with E-state index in [2.05, 4.69) is 5.32 Å². The van der Waals surface area contributed by atoms with Crippen LogP contribution in [0, 0.1) is 0 Å². The molecular weight excluding hydrogens is 440 g/mol. The Balaban J connectivity index is 1.78. The van der Waals surface area contributed by atoms with E-state index >= 15 is 0 Å². The molecule has 0 aliphatic carbocycles. The Hall–Kier alpha value is -2.84. The molecule has 8 heteroatoms. The summed E-state index contributed by atoms with van der Waals surface area (Å²) in [6.07, 6.45) is 0.910. The quantitative estimate of drug-likeness (QED) is 0.570. The van der Waals surface area contributed by atoms with Gasteiger partial charge in [0.25, 0.3) is 0 Å². The Morgan fingerprint density at radius 2 is 1.82 bits per heavy atom. The fourth-order valence-corrected chi connectivity index (χ4v) is 4.70. The van der Waals surface area contributed by atoms with Gasteiger partial charge in [-0.2, -0.15) is 0 Å². The van der Waals surface area contributed by atoms with Crippen molar-refractivity contribution in [3.05, 3.63) is 60.2 Å². The van der Waals surface area contributed by atoms with Gasteiger partial charge >= 0.3 is 11.9 Å². The number of fused-ring (bicyclic) bond motifs is 1. The molecule has 0 radical (unpaired) electrons. The number of benzene rings is 2. The van der Waals surface area contributed by atoms with Gasteiger partial charge in [-0.05, 0) is 51.3 Å². The van der Waals surface area contributed by atoms with Gasteiger partial charge < -0.3 is 9.84 Å². The third kappa shape index (κ3) is 7.07. The van der Waals surface area contributed by atoms with Crippen LogP contribution in [-0.2, 0) is 25.5 Å². The summed E-state index contributed by atoms with van der Waals surface area (Å²) < 4.78 is 5.43. The number of esters is 1. The first-order valence-electron chi connectivity index (χ1n) is 10.9. The van der Waals surface area contributed by atoms with E-state index in [1.54, 1.807) is 26.8 Å². The number of carboxylic acids is 1. The predicted molar refractivity (Wildman–Crippen MR) is 128 cm³/mol. The van der Waals surface area contributed by atoms with Gasteiger partial charge in [0.05, 0.1) is 11.7 Å². The van der Waals surface area contributed by atoms with Crippen molar-refractivity contribution in [2.75, 3.05) is 17.2 Å². The molecule has 2 N–H and O–H groups in total. The van der Waals surface area contributed by atoms with Gasteiger partial charge in [0.2, 0.25) is 5.91 Å². The molecule has 1 aliphatic rings. The highest BCUT2D eigenvalue weighted by atomic mass is 32.2. The molecule has 0 spiro atoms. The number of carbonyl (C=O) groups excluding carboxylic acids is 2. The van der Waals surface area contributed by atoms with Crippen LogP contribution in [0.2, 0.25) is 0 Å². The molecule has 0 fully saturated rings. The number of thioether (sulfide) groups is 1. The summed E-state index contributed by atoms with van der Waals surface area (Å²) in [7, 11) is 0. The number of rotatable bonds is 8. The van der Waals surface area contributed by atoms with Crippen LogP contribution in [0.15, 0.2) is 59.5 Å². The summed E-state index contributed by atoms with van der Waals surface area (Å²) >= 11 is 1.46. The van der Waals surface area contributed by atoms with Crippen LogP contribution in [-0.4, -0.2) is 52.9 Å². The summed E-state index contributed by atoms with van der Waals surface area (Å²) in [6.45, 7) is 5.07. The SMILES string of the molecule is CC(C)(C)OC(=O)CN1C(=O)[C@@H](N[C@@H](CCc2ccccc2)C(=O)O)CSc2ccccc21. The minimum absolute atomic E-state index is 0.242. The maximum absolute atomic E-state index is 13.5. The van der Waals surface area contributed by atoms with Gasteiger partial charge in [0.15, 0.2) is 0 Å². The molecule has 3 rings (SSSR count). The second-order valence-electron chi connectivity index (χ2n) is 8.92. The largest absolute Gasteiger partial charge is 0.480 e. The summed E-state index contributed by atoms with van der Waals surface area (Å²) in [4.78, 5) is 40.3. The molecule has 0 saturated heterocycles. The van der Waals surface area contributed by atoms with Gasteiger partial charge in [-0.15, -0.1) is 11.8 Å². The zero-order valence-corrected chi connectivity index (χ0v) is 19.9. The topological polar surface area (TPSA) is 95.9 Å². The molecule has 2 atom stereocenters. The van der Waals surface area contributed by atoms with E-state index in [4.69, 9.17) is 4.74 Å². The van der Waals surface area contributed by atoms with E-state index in [1.165, 1.54) is 16.7 Å². The van der Waals surface area contributed by atoms with E-state index in [9.17, 15) is 19.5 Å². The van der Waals surface area contributed by atoms with Gasteiger partial charge in [-0.3, -0.25) is 24.6 Å². The molecule has 0 unspecified atom stereocenters. The first kappa shape index (κ1) is 24.8. The van der Waals surface area contributed by atoms with Gasteiger partial charge in [0.1, 0.15) is 18.2 Å². The molecule has 33 heavy (non-hydrogen) atoms. The third-order valence-electron chi connectivity index (χ3n) is 5.10.